The number of piperidine rings is 1. The second kappa shape index (κ2) is 12.3. The summed E-state index contributed by atoms with van der Waals surface area (Å²) in [6, 6.07) is 4.15. The average Bonchev–Trinajstić information content (AvgIpc) is 3.46. The molecular weight excluding hydrogens is 414 g/mol. The number of amides is 1. The highest BCUT2D eigenvalue weighted by Gasteiger charge is 2.24. The number of aliphatic imine (C=N–C) groups is 1. The molecule has 2 aromatic heterocycles. The number of furan rings is 1. The van der Waals surface area contributed by atoms with Crippen molar-refractivity contribution in [3.05, 3.63) is 40.2 Å². The van der Waals surface area contributed by atoms with Gasteiger partial charge >= 0.3 is 6.09 Å². The zero-order valence-electron chi connectivity index (χ0n) is 18.4. The number of aromatic nitrogens is 1. The molecule has 2 aromatic rings. The number of ether oxygens (including phenoxy) is 1. The van der Waals surface area contributed by atoms with Gasteiger partial charge in [-0.15, -0.1) is 11.3 Å². The normalized spacial score (nSPS) is 15.2. The standard InChI is InChI=1S/C22H33N5O3S/c1-3-19-16-25-20(31-19)8-12-24-21(23-11-7-18-6-5-15-30-18)26-17-9-13-27(14-10-17)22(28)29-4-2/h5-6,15-17H,3-4,7-14H2,1-2H3,(H2,23,24,26). The van der Waals surface area contributed by atoms with E-state index in [2.05, 4.69) is 22.5 Å². The number of carbonyl (C=O) groups is 1. The maximum absolute atomic E-state index is 11.9. The van der Waals surface area contributed by atoms with E-state index in [4.69, 9.17) is 14.1 Å². The number of rotatable bonds is 9. The number of thiazole rings is 1. The Morgan fingerprint density at radius 2 is 2.19 bits per heavy atom. The van der Waals surface area contributed by atoms with Gasteiger partial charge in [-0.2, -0.15) is 0 Å². The molecule has 31 heavy (non-hydrogen) atoms. The molecule has 8 nitrogen and oxygen atoms in total. The van der Waals surface area contributed by atoms with Crippen molar-refractivity contribution in [2.24, 2.45) is 4.99 Å². The van der Waals surface area contributed by atoms with E-state index in [9.17, 15) is 4.79 Å². The first-order valence-corrected chi connectivity index (χ1v) is 11.9. The summed E-state index contributed by atoms with van der Waals surface area (Å²) in [6.07, 6.45) is 7.81. The van der Waals surface area contributed by atoms with Crippen LogP contribution in [0.15, 0.2) is 34.0 Å². The van der Waals surface area contributed by atoms with Gasteiger partial charge in [0, 0.05) is 56.1 Å². The third-order valence-electron chi connectivity index (χ3n) is 5.15. The van der Waals surface area contributed by atoms with Crippen molar-refractivity contribution >= 4 is 23.4 Å². The minimum atomic E-state index is -0.221. The predicted octanol–water partition coefficient (Wildman–Crippen LogP) is 3.24. The SMILES string of the molecule is CCOC(=O)N1CCC(NC(=NCCc2ncc(CC)s2)NCCc2ccco2)CC1. The molecule has 0 atom stereocenters. The van der Waals surface area contributed by atoms with Crippen molar-refractivity contribution < 1.29 is 13.9 Å². The molecule has 1 aliphatic heterocycles. The Morgan fingerprint density at radius 3 is 2.87 bits per heavy atom. The molecule has 3 heterocycles. The molecule has 0 aliphatic carbocycles. The van der Waals surface area contributed by atoms with Crippen LogP contribution in [-0.4, -0.2) is 60.8 Å². The van der Waals surface area contributed by atoms with Crippen LogP contribution >= 0.6 is 11.3 Å². The maximum atomic E-state index is 11.9. The molecule has 0 saturated carbocycles. The van der Waals surface area contributed by atoms with E-state index in [0.717, 1.165) is 55.4 Å². The minimum absolute atomic E-state index is 0.221. The average molecular weight is 448 g/mol. The predicted molar refractivity (Wildman–Crippen MR) is 123 cm³/mol. The fourth-order valence-electron chi connectivity index (χ4n) is 3.42. The van der Waals surface area contributed by atoms with Crippen LogP contribution in [0.4, 0.5) is 4.79 Å². The molecule has 0 spiro atoms. The van der Waals surface area contributed by atoms with E-state index in [0.29, 0.717) is 26.2 Å². The molecular formula is C22H33N5O3S. The van der Waals surface area contributed by atoms with Gasteiger partial charge in [-0.25, -0.2) is 9.78 Å². The van der Waals surface area contributed by atoms with Crippen LogP contribution in [0.25, 0.3) is 0 Å². The molecule has 9 heteroatoms. The Hall–Kier alpha value is -2.55. The molecule has 1 fully saturated rings. The molecule has 0 aromatic carbocycles. The van der Waals surface area contributed by atoms with Gasteiger partial charge in [0.2, 0.25) is 0 Å². The Kier molecular flexibility index (Phi) is 9.20. The first kappa shape index (κ1) is 23.1. The molecule has 1 amide bonds. The highest BCUT2D eigenvalue weighted by molar-refractivity contribution is 7.11. The number of likely N-dealkylation sites (tertiary alicyclic amines) is 1. The van der Waals surface area contributed by atoms with Crippen LogP contribution in [0.3, 0.4) is 0 Å². The van der Waals surface area contributed by atoms with E-state index in [1.807, 2.05) is 25.3 Å². The lowest BCUT2D eigenvalue weighted by molar-refractivity contribution is 0.0963. The first-order chi connectivity index (χ1) is 15.2. The third-order valence-corrected chi connectivity index (χ3v) is 6.35. The monoisotopic (exact) mass is 447 g/mol. The van der Waals surface area contributed by atoms with Crippen LogP contribution < -0.4 is 10.6 Å². The van der Waals surface area contributed by atoms with Gasteiger partial charge in [-0.1, -0.05) is 6.92 Å². The van der Waals surface area contributed by atoms with Gasteiger partial charge in [0.1, 0.15) is 5.76 Å². The zero-order valence-corrected chi connectivity index (χ0v) is 19.2. The molecule has 0 unspecified atom stereocenters. The van der Waals surface area contributed by atoms with Crippen LogP contribution in [0.2, 0.25) is 0 Å². The summed E-state index contributed by atoms with van der Waals surface area (Å²) in [5.41, 5.74) is 0. The Morgan fingerprint density at radius 1 is 1.35 bits per heavy atom. The molecule has 1 aliphatic rings. The fourth-order valence-corrected chi connectivity index (χ4v) is 4.27. The second-order valence-electron chi connectivity index (χ2n) is 7.41. The van der Waals surface area contributed by atoms with Crippen molar-refractivity contribution in [2.75, 3.05) is 32.8 Å². The van der Waals surface area contributed by atoms with Gasteiger partial charge in [-0.3, -0.25) is 4.99 Å². The molecule has 3 rings (SSSR count). The smallest absolute Gasteiger partial charge is 0.409 e. The summed E-state index contributed by atoms with van der Waals surface area (Å²) in [7, 11) is 0. The van der Waals surface area contributed by atoms with E-state index in [-0.39, 0.29) is 12.1 Å². The summed E-state index contributed by atoms with van der Waals surface area (Å²) in [5.74, 6) is 1.75. The molecule has 0 bridgehead atoms. The lowest BCUT2D eigenvalue weighted by atomic mass is 10.1. The number of carbonyl (C=O) groups excluding carboxylic acids is 1. The third kappa shape index (κ3) is 7.57. The van der Waals surface area contributed by atoms with E-state index < -0.39 is 0 Å². The fraction of sp³-hybridized carbons (Fsp3) is 0.591. The van der Waals surface area contributed by atoms with E-state index >= 15 is 0 Å². The van der Waals surface area contributed by atoms with Crippen LogP contribution in [-0.2, 0) is 24.0 Å². The summed E-state index contributed by atoms with van der Waals surface area (Å²) >= 11 is 1.76. The quantitative estimate of drug-likeness (QED) is 0.453. The Labute approximate surface area is 188 Å². The highest BCUT2D eigenvalue weighted by Crippen LogP contribution is 2.14. The number of nitrogens with one attached hydrogen (secondary N) is 2. The molecule has 1 saturated heterocycles. The number of hydrogen-bond donors (Lipinski definition) is 2. The number of hydrogen-bond acceptors (Lipinski definition) is 6. The minimum Gasteiger partial charge on any atom is -0.469 e. The van der Waals surface area contributed by atoms with Gasteiger partial charge < -0.3 is 24.7 Å². The highest BCUT2D eigenvalue weighted by atomic mass is 32.1. The van der Waals surface area contributed by atoms with Crippen LogP contribution in [0, 0.1) is 0 Å². The molecule has 170 valence electrons. The Bertz CT molecular complexity index is 813. The lowest BCUT2D eigenvalue weighted by Crippen LogP contribution is -2.50. The topological polar surface area (TPSA) is 92.0 Å². The molecule has 0 radical (unpaired) electrons. The van der Waals surface area contributed by atoms with Crippen LogP contribution in [0.5, 0.6) is 0 Å². The van der Waals surface area contributed by atoms with Crippen molar-refractivity contribution in [1.29, 1.82) is 0 Å². The Balaban J connectivity index is 1.51. The maximum Gasteiger partial charge on any atom is 0.409 e. The summed E-state index contributed by atoms with van der Waals surface area (Å²) in [6.45, 7) is 7.18. The van der Waals surface area contributed by atoms with Crippen molar-refractivity contribution in [1.82, 2.24) is 20.5 Å². The second-order valence-corrected chi connectivity index (χ2v) is 8.61. The summed E-state index contributed by atoms with van der Waals surface area (Å²) in [5, 5.41) is 8.08. The summed E-state index contributed by atoms with van der Waals surface area (Å²) < 4.78 is 10.5. The van der Waals surface area contributed by atoms with Crippen molar-refractivity contribution in [3.8, 4) is 0 Å². The number of aryl methyl sites for hydroxylation is 1. The largest absolute Gasteiger partial charge is 0.469 e. The van der Waals surface area contributed by atoms with Gasteiger partial charge in [-0.05, 0) is 38.3 Å². The first-order valence-electron chi connectivity index (χ1n) is 11.1. The van der Waals surface area contributed by atoms with E-state index in [1.54, 1.807) is 22.5 Å². The van der Waals surface area contributed by atoms with E-state index in [1.165, 1.54) is 4.88 Å². The molecule has 2 N–H and O–H groups in total. The zero-order chi connectivity index (χ0) is 21.9. The number of guanidine groups is 1. The van der Waals surface area contributed by atoms with Crippen molar-refractivity contribution in [2.45, 2.75) is 52.0 Å². The lowest BCUT2D eigenvalue weighted by Gasteiger charge is -2.32. The van der Waals surface area contributed by atoms with Crippen molar-refractivity contribution in [3.63, 3.8) is 0 Å². The van der Waals surface area contributed by atoms with Gasteiger partial charge in [0.15, 0.2) is 5.96 Å². The van der Waals surface area contributed by atoms with Gasteiger partial charge in [0.05, 0.1) is 17.9 Å². The number of nitrogens with zero attached hydrogens (tertiary/aromatic N) is 3. The van der Waals surface area contributed by atoms with Crippen LogP contribution in [0.1, 0.15) is 42.3 Å². The van der Waals surface area contributed by atoms with Gasteiger partial charge in [0.25, 0.3) is 0 Å². The summed E-state index contributed by atoms with van der Waals surface area (Å²) in [4.78, 5) is 24.3.